The Morgan fingerprint density at radius 1 is 1.15 bits per heavy atom. The zero-order valence-electron chi connectivity index (χ0n) is 19.4. The molecule has 11 nitrogen and oxygen atoms in total. The number of ether oxygens (including phenoxy) is 1. The second kappa shape index (κ2) is 10.1. The Morgan fingerprint density at radius 2 is 1.82 bits per heavy atom. The van der Waals surface area contributed by atoms with Gasteiger partial charge in [0.2, 0.25) is 0 Å². The quantitative estimate of drug-likeness (QED) is 0.424. The maximum atomic E-state index is 14.5. The van der Waals surface area contributed by atoms with Crippen LogP contribution in [-0.2, 0) is 9.53 Å². The summed E-state index contributed by atoms with van der Waals surface area (Å²) in [6.07, 6.45) is -0.501. The summed E-state index contributed by atoms with van der Waals surface area (Å²) in [5.74, 6) is -1.82. The largest absolute Gasteiger partial charge is 0.458 e. The number of alkyl carbamates (subject to hydrolysis) is 1. The van der Waals surface area contributed by atoms with Crippen molar-refractivity contribution in [3.05, 3.63) is 35.3 Å². The van der Waals surface area contributed by atoms with Gasteiger partial charge in [-0.05, 0) is 40.0 Å². The minimum Gasteiger partial charge on any atom is -0.458 e. The van der Waals surface area contributed by atoms with Crippen molar-refractivity contribution in [2.24, 2.45) is 0 Å². The second-order valence-electron chi connectivity index (χ2n) is 8.90. The normalized spacial score (nSPS) is 15.9. The van der Waals surface area contributed by atoms with E-state index in [2.05, 4.69) is 21.3 Å². The van der Waals surface area contributed by atoms with Gasteiger partial charge in [0.1, 0.15) is 22.8 Å². The van der Waals surface area contributed by atoms with Gasteiger partial charge in [0.05, 0.1) is 5.56 Å². The van der Waals surface area contributed by atoms with Crippen LogP contribution in [0, 0.1) is 5.82 Å². The average Bonchev–Trinajstić information content (AvgIpc) is 3.27. The van der Waals surface area contributed by atoms with Gasteiger partial charge in [-0.3, -0.25) is 14.9 Å². The summed E-state index contributed by atoms with van der Waals surface area (Å²) in [7, 11) is 1.82. The predicted molar refractivity (Wildman–Crippen MR) is 120 cm³/mol. The number of carbonyl (C=O) groups is 4. The Labute approximate surface area is 195 Å². The first-order valence-corrected chi connectivity index (χ1v) is 10.7. The third kappa shape index (κ3) is 6.44. The number of imide groups is 1. The molecule has 0 radical (unpaired) electrons. The van der Waals surface area contributed by atoms with Crippen LogP contribution in [0.2, 0.25) is 0 Å². The summed E-state index contributed by atoms with van der Waals surface area (Å²) in [4.78, 5) is 49.1. The number of urea groups is 1. The third-order valence-corrected chi connectivity index (χ3v) is 4.87. The lowest BCUT2D eigenvalue weighted by Crippen LogP contribution is -2.39. The van der Waals surface area contributed by atoms with Crippen molar-refractivity contribution in [2.75, 3.05) is 33.2 Å². The minimum atomic E-state index is -1.01. The number of rotatable bonds is 8. The molecule has 0 bridgehead atoms. The lowest BCUT2D eigenvalue weighted by Gasteiger charge is -2.21. The zero-order chi connectivity index (χ0) is 25.0. The van der Waals surface area contributed by atoms with Crippen LogP contribution in [0.3, 0.4) is 0 Å². The van der Waals surface area contributed by atoms with E-state index in [-0.39, 0.29) is 23.5 Å². The summed E-state index contributed by atoms with van der Waals surface area (Å²) >= 11 is 0. The molecular weight excluding hydrogens is 449 g/mol. The Morgan fingerprint density at radius 3 is 2.44 bits per heavy atom. The fourth-order valence-electron chi connectivity index (χ4n) is 3.25. The predicted octanol–water partition coefficient (Wildman–Crippen LogP) is 1.64. The van der Waals surface area contributed by atoms with Crippen molar-refractivity contribution < 1.29 is 32.7 Å². The summed E-state index contributed by atoms with van der Waals surface area (Å²) in [6, 6.07) is 2.22. The molecular formula is C22H28FN5O6. The fraction of sp³-hybridized carbons (Fsp3) is 0.455. The molecule has 4 N–H and O–H groups in total. The standard InChI is InChI=1S/C22H28FN5O6/c1-22(2,3)34-21(32)25-6-8-28(4)7-5-24-18(29)13-9-12-10-16(33-15(12)11-14(13)23)17-19(30)27-20(31)26-17/h9-11,17H,5-8H2,1-4H3,(H,24,29)(H,25,32)(H2,26,27,30,31). The van der Waals surface area contributed by atoms with E-state index < -0.39 is 41.4 Å². The van der Waals surface area contributed by atoms with Gasteiger partial charge >= 0.3 is 12.1 Å². The average molecular weight is 477 g/mol. The van der Waals surface area contributed by atoms with Crippen LogP contribution in [0.5, 0.6) is 0 Å². The van der Waals surface area contributed by atoms with Crippen molar-refractivity contribution in [3.8, 4) is 0 Å². The highest BCUT2D eigenvalue weighted by atomic mass is 19.1. The highest BCUT2D eigenvalue weighted by molar-refractivity contribution is 6.05. The van der Waals surface area contributed by atoms with E-state index in [1.807, 2.05) is 11.9 Å². The van der Waals surface area contributed by atoms with E-state index in [0.717, 1.165) is 6.07 Å². The minimum absolute atomic E-state index is 0.136. The van der Waals surface area contributed by atoms with E-state index in [1.165, 1.54) is 12.1 Å². The SMILES string of the molecule is CN(CCNC(=O)OC(C)(C)C)CCNC(=O)c1cc2cc(C3NC(=O)NC3=O)oc2cc1F. The van der Waals surface area contributed by atoms with Crippen molar-refractivity contribution in [3.63, 3.8) is 0 Å². The molecule has 1 fully saturated rings. The number of nitrogens with one attached hydrogen (secondary N) is 4. The van der Waals surface area contributed by atoms with Crippen LogP contribution < -0.4 is 21.3 Å². The molecule has 184 valence electrons. The molecule has 3 rings (SSSR count). The zero-order valence-corrected chi connectivity index (χ0v) is 19.4. The molecule has 1 aromatic carbocycles. The maximum Gasteiger partial charge on any atom is 0.407 e. The first kappa shape index (κ1) is 25.0. The monoisotopic (exact) mass is 477 g/mol. The van der Waals surface area contributed by atoms with Crippen LogP contribution in [0.15, 0.2) is 22.6 Å². The van der Waals surface area contributed by atoms with E-state index in [9.17, 15) is 23.6 Å². The number of nitrogens with zero attached hydrogens (tertiary/aromatic N) is 1. The second-order valence-corrected chi connectivity index (χ2v) is 8.90. The van der Waals surface area contributed by atoms with Crippen LogP contribution in [0.25, 0.3) is 11.0 Å². The molecule has 0 spiro atoms. The molecule has 1 aliphatic rings. The van der Waals surface area contributed by atoms with Crippen LogP contribution >= 0.6 is 0 Å². The van der Waals surface area contributed by atoms with E-state index >= 15 is 0 Å². The van der Waals surface area contributed by atoms with E-state index in [4.69, 9.17) is 9.15 Å². The van der Waals surface area contributed by atoms with Gasteiger partial charge in [0, 0.05) is 37.6 Å². The molecule has 0 aliphatic carbocycles. The van der Waals surface area contributed by atoms with E-state index in [1.54, 1.807) is 20.8 Å². The molecule has 12 heteroatoms. The number of halogens is 1. The summed E-state index contributed by atoms with van der Waals surface area (Å²) in [5.41, 5.74) is -0.596. The number of amides is 5. The summed E-state index contributed by atoms with van der Waals surface area (Å²) < 4.78 is 25.2. The van der Waals surface area contributed by atoms with Gasteiger partial charge in [-0.1, -0.05) is 0 Å². The number of carbonyl (C=O) groups excluding carboxylic acids is 4. The molecule has 1 saturated heterocycles. The van der Waals surface area contributed by atoms with Crippen LogP contribution in [-0.4, -0.2) is 67.7 Å². The fourth-order valence-corrected chi connectivity index (χ4v) is 3.25. The van der Waals surface area contributed by atoms with Crippen molar-refractivity contribution >= 4 is 34.9 Å². The highest BCUT2D eigenvalue weighted by Crippen LogP contribution is 2.28. The number of likely N-dealkylation sites (N-methyl/N-ethyl adjacent to an activating group) is 1. The Hall–Kier alpha value is -3.67. The molecule has 2 aromatic rings. The van der Waals surface area contributed by atoms with Gasteiger partial charge in [-0.15, -0.1) is 0 Å². The van der Waals surface area contributed by atoms with Crippen molar-refractivity contribution in [2.45, 2.75) is 32.4 Å². The third-order valence-electron chi connectivity index (χ3n) is 4.87. The number of hydrogen-bond donors (Lipinski definition) is 4. The van der Waals surface area contributed by atoms with Gasteiger partial charge in [-0.25, -0.2) is 14.0 Å². The first-order valence-electron chi connectivity index (χ1n) is 10.7. The summed E-state index contributed by atoms with van der Waals surface area (Å²) in [5, 5.41) is 10.2. The molecule has 1 unspecified atom stereocenters. The Balaban J connectivity index is 1.50. The van der Waals surface area contributed by atoms with Crippen LogP contribution in [0.1, 0.15) is 42.9 Å². The molecule has 0 saturated carbocycles. The maximum absolute atomic E-state index is 14.5. The van der Waals surface area contributed by atoms with Gasteiger partial charge in [0.15, 0.2) is 6.04 Å². The van der Waals surface area contributed by atoms with Gasteiger partial charge in [-0.2, -0.15) is 0 Å². The smallest absolute Gasteiger partial charge is 0.407 e. The van der Waals surface area contributed by atoms with Gasteiger partial charge in [0.25, 0.3) is 11.8 Å². The molecule has 1 aromatic heterocycles. The highest BCUT2D eigenvalue weighted by Gasteiger charge is 2.33. The number of furan rings is 1. The topological polar surface area (TPSA) is 142 Å². The molecule has 34 heavy (non-hydrogen) atoms. The number of hydrogen-bond acceptors (Lipinski definition) is 7. The van der Waals surface area contributed by atoms with Crippen molar-refractivity contribution in [1.82, 2.24) is 26.2 Å². The van der Waals surface area contributed by atoms with Gasteiger partial charge < -0.3 is 30.0 Å². The molecule has 1 aliphatic heterocycles. The molecule has 1 atom stereocenters. The molecule has 5 amide bonds. The number of fused-ring (bicyclic) bond motifs is 1. The summed E-state index contributed by atoms with van der Waals surface area (Å²) in [6.45, 7) is 6.95. The van der Waals surface area contributed by atoms with Crippen molar-refractivity contribution in [1.29, 1.82) is 0 Å². The Bertz CT molecular complexity index is 1110. The molecule has 2 heterocycles. The first-order chi connectivity index (χ1) is 15.9. The lowest BCUT2D eigenvalue weighted by atomic mass is 10.1. The van der Waals surface area contributed by atoms with Crippen LogP contribution in [0.4, 0.5) is 14.0 Å². The Kier molecular flexibility index (Phi) is 7.40. The van der Waals surface area contributed by atoms with E-state index in [0.29, 0.717) is 25.0 Å². The number of benzene rings is 1. The lowest BCUT2D eigenvalue weighted by molar-refractivity contribution is -0.120.